The molecule has 3 atom stereocenters. The molecule has 2 fully saturated rings. The van der Waals surface area contributed by atoms with Crippen molar-refractivity contribution < 1.29 is 4.39 Å². The molecule has 0 bridgehead atoms. The summed E-state index contributed by atoms with van der Waals surface area (Å²) in [6.45, 7) is 7.68. The lowest BCUT2D eigenvalue weighted by Gasteiger charge is -2.50. The van der Waals surface area contributed by atoms with Gasteiger partial charge in [-0.05, 0) is 111 Å². The largest absolute Gasteiger partial charge is 0.335 e. The van der Waals surface area contributed by atoms with Gasteiger partial charge in [-0.3, -0.25) is 0 Å². The van der Waals surface area contributed by atoms with Crippen LogP contribution in [0.1, 0.15) is 67.8 Å². The summed E-state index contributed by atoms with van der Waals surface area (Å²) in [5, 5.41) is 10.6. The molecular formula is C32H41FN4. The van der Waals surface area contributed by atoms with Crippen molar-refractivity contribution in [2.75, 3.05) is 19.6 Å². The lowest BCUT2D eigenvalue weighted by molar-refractivity contribution is 0.0777. The molecule has 1 saturated carbocycles. The average molecular weight is 501 g/mol. The number of aromatic nitrogens is 1. The second-order valence-corrected chi connectivity index (χ2v) is 11.5. The number of nitrogens with zero attached hydrogens (tertiary/aromatic N) is 3. The van der Waals surface area contributed by atoms with E-state index in [4.69, 9.17) is 5.73 Å². The van der Waals surface area contributed by atoms with Gasteiger partial charge < -0.3 is 15.2 Å². The fourth-order valence-electron chi connectivity index (χ4n) is 7.84. The number of piperidine rings is 1. The van der Waals surface area contributed by atoms with E-state index in [2.05, 4.69) is 43.0 Å². The predicted molar refractivity (Wildman–Crippen MR) is 149 cm³/mol. The quantitative estimate of drug-likeness (QED) is 0.419. The van der Waals surface area contributed by atoms with E-state index in [0.717, 1.165) is 63.7 Å². The molecule has 1 aliphatic carbocycles. The van der Waals surface area contributed by atoms with Crippen LogP contribution in [-0.4, -0.2) is 35.1 Å². The van der Waals surface area contributed by atoms with Crippen molar-refractivity contribution >= 4 is 10.9 Å². The molecule has 5 rings (SSSR count). The van der Waals surface area contributed by atoms with Crippen LogP contribution >= 0.6 is 0 Å². The van der Waals surface area contributed by atoms with Crippen molar-refractivity contribution in [3.05, 3.63) is 70.7 Å². The summed E-state index contributed by atoms with van der Waals surface area (Å²) in [6, 6.07) is 16.3. The first-order valence-electron chi connectivity index (χ1n) is 14.1. The minimum Gasteiger partial charge on any atom is -0.335 e. The van der Waals surface area contributed by atoms with Crippen molar-refractivity contribution in [1.29, 1.82) is 5.26 Å². The zero-order chi connectivity index (χ0) is 26.2. The zero-order valence-electron chi connectivity index (χ0n) is 22.6. The molecule has 5 heteroatoms. The van der Waals surface area contributed by atoms with E-state index in [1.165, 1.54) is 28.5 Å². The van der Waals surface area contributed by atoms with E-state index >= 15 is 0 Å². The molecule has 1 saturated heterocycles. The van der Waals surface area contributed by atoms with Gasteiger partial charge in [0.05, 0.1) is 0 Å². The van der Waals surface area contributed by atoms with Crippen LogP contribution in [0.3, 0.4) is 0 Å². The third-order valence-electron chi connectivity index (χ3n) is 9.91. The molecule has 0 amide bonds. The highest BCUT2D eigenvalue weighted by molar-refractivity contribution is 5.86. The smallest absolute Gasteiger partial charge is 0.123 e. The van der Waals surface area contributed by atoms with Crippen LogP contribution in [0.15, 0.2) is 42.5 Å². The number of nitriles is 1. The van der Waals surface area contributed by atoms with Crippen molar-refractivity contribution in [3.63, 3.8) is 0 Å². The Balaban J connectivity index is 1.31. The molecule has 37 heavy (non-hydrogen) atoms. The van der Waals surface area contributed by atoms with Crippen molar-refractivity contribution in [2.45, 2.75) is 70.3 Å². The maximum absolute atomic E-state index is 14.4. The van der Waals surface area contributed by atoms with Gasteiger partial charge in [-0.15, -0.1) is 0 Å². The number of benzene rings is 2. The molecule has 2 aliphatic rings. The van der Waals surface area contributed by atoms with E-state index in [9.17, 15) is 9.65 Å². The Bertz CT molecular complexity index is 1300. The molecule has 1 aromatic heterocycles. The number of aryl methyl sites for hydroxylation is 2. The first-order valence-corrected chi connectivity index (χ1v) is 14.1. The first-order chi connectivity index (χ1) is 17.9. The SMILES string of the molecule is CCC(c1cccc(F)c1)(C1CCN(CCc2ccc3c(cc(C#N)n3C)c2C)CC1)C1CCC[C@@H]1N. The lowest BCUT2D eigenvalue weighted by atomic mass is 9.57. The van der Waals surface area contributed by atoms with E-state index in [-0.39, 0.29) is 17.3 Å². The van der Waals surface area contributed by atoms with Gasteiger partial charge in [-0.25, -0.2) is 4.39 Å². The van der Waals surface area contributed by atoms with Gasteiger partial charge in [0.2, 0.25) is 0 Å². The van der Waals surface area contributed by atoms with Gasteiger partial charge in [0.1, 0.15) is 17.6 Å². The van der Waals surface area contributed by atoms with Gasteiger partial charge in [0.15, 0.2) is 0 Å². The number of hydrogen-bond acceptors (Lipinski definition) is 3. The fraction of sp³-hybridized carbons (Fsp3) is 0.531. The molecule has 2 unspecified atom stereocenters. The second kappa shape index (κ2) is 10.6. The summed E-state index contributed by atoms with van der Waals surface area (Å²) < 4.78 is 16.4. The molecule has 2 N–H and O–H groups in total. The lowest BCUT2D eigenvalue weighted by Crippen LogP contribution is -2.51. The molecule has 2 heterocycles. The second-order valence-electron chi connectivity index (χ2n) is 11.5. The number of hydrogen-bond donors (Lipinski definition) is 1. The van der Waals surface area contributed by atoms with Crippen LogP contribution in [0, 0.1) is 35.9 Å². The summed E-state index contributed by atoms with van der Waals surface area (Å²) in [7, 11) is 1.96. The van der Waals surface area contributed by atoms with Crippen LogP contribution in [0.5, 0.6) is 0 Å². The van der Waals surface area contributed by atoms with Gasteiger partial charge in [0, 0.05) is 36.0 Å². The van der Waals surface area contributed by atoms with Crippen LogP contribution in [-0.2, 0) is 18.9 Å². The van der Waals surface area contributed by atoms with Crippen LogP contribution in [0.25, 0.3) is 10.9 Å². The van der Waals surface area contributed by atoms with E-state index < -0.39 is 0 Å². The average Bonchev–Trinajstić information content (AvgIpc) is 3.48. The molecule has 4 nitrogen and oxygen atoms in total. The Hall–Kier alpha value is -2.68. The minimum absolute atomic E-state index is 0.0442. The monoisotopic (exact) mass is 500 g/mol. The highest BCUT2D eigenvalue weighted by Gasteiger charge is 2.49. The molecule has 2 aromatic carbocycles. The Morgan fingerprint density at radius 1 is 1.11 bits per heavy atom. The van der Waals surface area contributed by atoms with Gasteiger partial charge in [-0.1, -0.05) is 31.5 Å². The van der Waals surface area contributed by atoms with Crippen LogP contribution in [0.2, 0.25) is 0 Å². The standard InChI is InChI=1S/C32H41FN4/c1-4-32(29-9-6-10-30(29)35,25-7-5-8-26(33)19-25)24-14-17-37(18-15-24)16-13-23-11-12-31-28(22(23)2)20-27(21-34)36(31)3/h5,7-8,11-12,19-20,24,29-30H,4,6,9-10,13-18,35H2,1-3H3/t29?,30-,32?/m0/s1. The van der Waals surface area contributed by atoms with Gasteiger partial charge >= 0.3 is 0 Å². The summed E-state index contributed by atoms with van der Waals surface area (Å²) in [4.78, 5) is 2.60. The third kappa shape index (κ3) is 4.60. The van der Waals surface area contributed by atoms with Gasteiger partial charge in [0.25, 0.3) is 0 Å². The van der Waals surface area contributed by atoms with Crippen molar-refractivity contribution in [1.82, 2.24) is 9.47 Å². The molecule has 0 radical (unpaired) electrons. The number of likely N-dealkylation sites (tertiary alicyclic amines) is 1. The topological polar surface area (TPSA) is 58.0 Å². The number of fused-ring (bicyclic) bond motifs is 1. The number of rotatable bonds is 7. The molecule has 1 aliphatic heterocycles. The summed E-state index contributed by atoms with van der Waals surface area (Å²) in [6.07, 6.45) is 7.72. The van der Waals surface area contributed by atoms with Crippen LogP contribution < -0.4 is 5.73 Å². The maximum atomic E-state index is 14.4. The Morgan fingerprint density at radius 2 is 1.89 bits per heavy atom. The van der Waals surface area contributed by atoms with Crippen molar-refractivity contribution in [3.8, 4) is 6.07 Å². The Kier molecular flexibility index (Phi) is 7.43. The van der Waals surface area contributed by atoms with Gasteiger partial charge in [-0.2, -0.15) is 5.26 Å². The number of nitrogens with two attached hydrogens (primary N) is 1. The normalized spacial score (nSPS) is 22.8. The highest BCUT2D eigenvalue weighted by Crippen LogP contribution is 2.52. The maximum Gasteiger partial charge on any atom is 0.123 e. The molecule has 196 valence electrons. The third-order valence-corrected chi connectivity index (χ3v) is 9.91. The fourth-order valence-corrected chi connectivity index (χ4v) is 7.84. The first kappa shape index (κ1) is 25.9. The Morgan fingerprint density at radius 3 is 2.54 bits per heavy atom. The zero-order valence-corrected chi connectivity index (χ0v) is 22.6. The molecular weight excluding hydrogens is 459 g/mol. The highest BCUT2D eigenvalue weighted by atomic mass is 19.1. The minimum atomic E-state index is -0.132. The summed E-state index contributed by atoms with van der Waals surface area (Å²) in [5.41, 5.74) is 12.3. The summed E-state index contributed by atoms with van der Waals surface area (Å²) >= 11 is 0. The number of halogens is 1. The molecule has 3 aromatic rings. The van der Waals surface area contributed by atoms with Crippen molar-refractivity contribution in [2.24, 2.45) is 24.6 Å². The Labute approximate surface area is 221 Å². The predicted octanol–water partition coefficient (Wildman–Crippen LogP) is 6.23. The van der Waals surface area contributed by atoms with E-state index in [1.54, 1.807) is 12.1 Å². The van der Waals surface area contributed by atoms with Crippen LogP contribution in [0.4, 0.5) is 4.39 Å². The molecule has 0 spiro atoms. The summed E-state index contributed by atoms with van der Waals surface area (Å²) in [5.74, 6) is 0.817. The van der Waals surface area contributed by atoms with E-state index in [0.29, 0.717) is 17.5 Å². The van der Waals surface area contributed by atoms with E-state index in [1.807, 2.05) is 23.7 Å².